The van der Waals surface area contributed by atoms with Crippen LogP contribution in [-0.2, 0) is 20.8 Å². The smallest absolute Gasteiger partial charge is 0.258 e. The van der Waals surface area contributed by atoms with Crippen molar-refractivity contribution in [2.75, 3.05) is 26.2 Å². The topological polar surface area (TPSA) is 79.0 Å². The van der Waals surface area contributed by atoms with Gasteiger partial charge in [0.1, 0.15) is 11.8 Å². The average molecular weight is 492 g/mol. The average Bonchev–Trinajstić information content (AvgIpc) is 2.92. The molecule has 7 heteroatoms. The minimum Gasteiger partial charge on any atom is -0.484 e. The summed E-state index contributed by atoms with van der Waals surface area (Å²) >= 11 is 0. The summed E-state index contributed by atoms with van der Waals surface area (Å²) < 4.78 is 5.58. The number of benzene rings is 2. The van der Waals surface area contributed by atoms with Crippen molar-refractivity contribution >= 4 is 17.7 Å². The Kier molecular flexibility index (Phi) is 8.98. The Morgan fingerprint density at radius 1 is 0.944 bits per heavy atom. The number of carbonyl (C=O) groups is 3. The molecule has 2 unspecified atom stereocenters. The Morgan fingerprint density at radius 3 is 2.28 bits per heavy atom. The van der Waals surface area contributed by atoms with E-state index in [9.17, 15) is 14.4 Å². The second-order valence-corrected chi connectivity index (χ2v) is 9.91. The van der Waals surface area contributed by atoms with Crippen molar-refractivity contribution in [2.24, 2.45) is 5.92 Å². The van der Waals surface area contributed by atoms with Crippen LogP contribution in [0.15, 0.2) is 60.7 Å². The number of hydrogen-bond acceptors (Lipinski definition) is 4. The van der Waals surface area contributed by atoms with Crippen LogP contribution in [0.25, 0.3) is 0 Å². The zero-order valence-electron chi connectivity index (χ0n) is 21.1. The fourth-order valence-corrected chi connectivity index (χ4v) is 5.24. The van der Waals surface area contributed by atoms with Crippen molar-refractivity contribution in [2.45, 2.75) is 57.5 Å². The normalized spacial score (nSPS) is 19.4. The number of nitrogens with zero attached hydrogens (tertiary/aromatic N) is 2. The highest BCUT2D eigenvalue weighted by molar-refractivity contribution is 5.89. The van der Waals surface area contributed by atoms with E-state index >= 15 is 0 Å². The number of nitrogens with one attached hydrogen (secondary N) is 1. The first-order valence-electron chi connectivity index (χ1n) is 13.1. The van der Waals surface area contributed by atoms with Crippen LogP contribution in [0.2, 0.25) is 0 Å². The van der Waals surface area contributed by atoms with E-state index in [1.54, 1.807) is 17.0 Å². The SMILES string of the molecule is CC1CN(C(=O)C(Cc2ccccc2)NC(=O)COc2ccccc2)CCN1C(=O)C1CCCCC1. The molecule has 7 nitrogen and oxygen atoms in total. The van der Waals surface area contributed by atoms with Gasteiger partial charge in [-0.3, -0.25) is 14.4 Å². The number of hydrogen-bond donors (Lipinski definition) is 1. The predicted molar refractivity (Wildman–Crippen MR) is 138 cm³/mol. The van der Waals surface area contributed by atoms with E-state index in [1.807, 2.05) is 60.4 Å². The van der Waals surface area contributed by atoms with Crippen molar-refractivity contribution in [3.05, 3.63) is 66.2 Å². The van der Waals surface area contributed by atoms with Gasteiger partial charge in [-0.15, -0.1) is 0 Å². The van der Waals surface area contributed by atoms with Gasteiger partial charge in [0, 0.05) is 38.0 Å². The third-order valence-electron chi connectivity index (χ3n) is 7.21. The number of para-hydroxylation sites is 1. The third kappa shape index (κ3) is 6.86. The lowest BCUT2D eigenvalue weighted by Gasteiger charge is -2.42. The molecule has 2 aromatic carbocycles. The van der Waals surface area contributed by atoms with Gasteiger partial charge in [0.15, 0.2) is 6.61 Å². The van der Waals surface area contributed by atoms with Gasteiger partial charge in [-0.25, -0.2) is 0 Å². The van der Waals surface area contributed by atoms with E-state index in [4.69, 9.17) is 4.74 Å². The van der Waals surface area contributed by atoms with Gasteiger partial charge in [-0.05, 0) is 37.5 Å². The number of rotatable bonds is 8. The molecule has 1 aliphatic carbocycles. The van der Waals surface area contributed by atoms with E-state index in [0.717, 1.165) is 31.2 Å². The van der Waals surface area contributed by atoms with Crippen LogP contribution in [-0.4, -0.2) is 65.8 Å². The summed E-state index contributed by atoms with van der Waals surface area (Å²) in [5.74, 6) is 0.502. The lowest BCUT2D eigenvalue weighted by Crippen LogP contribution is -2.60. The Labute approximate surface area is 213 Å². The van der Waals surface area contributed by atoms with Crippen LogP contribution in [0, 0.1) is 5.92 Å². The molecule has 1 N–H and O–H groups in total. The maximum absolute atomic E-state index is 13.6. The molecule has 2 aliphatic rings. The second-order valence-electron chi connectivity index (χ2n) is 9.91. The molecular formula is C29H37N3O4. The molecule has 2 aromatic rings. The van der Waals surface area contributed by atoms with E-state index in [-0.39, 0.29) is 36.3 Å². The molecule has 4 rings (SSSR count). The van der Waals surface area contributed by atoms with Gasteiger partial charge in [0.25, 0.3) is 5.91 Å². The summed E-state index contributed by atoms with van der Waals surface area (Å²) in [4.78, 5) is 43.2. The van der Waals surface area contributed by atoms with Crippen LogP contribution in [0.4, 0.5) is 0 Å². The highest BCUT2D eigenvalue weighted by atomic mass is 16.5. The van der Waals surface area contributed by atoms with E-state index in [2.05, 4.69) is 5.32 Å². The highest BCUT2D eigenvalue weighted by Gasteiger charge is 2.36. The Morgan fingerprint density at radius 2 is 1.61 bits per heavy atom. The standard InChI is InChI=1S/C29H37N3O4/c1-22-20-31(17-18-32(22)28(34)24-13-7-3-8-14-24)29(35)26(19-23-11-5-2-6-12-23)30-27(33)21-36-25-15-9-4-10-16-25/h2,4-6,9-12,15-16,22,24,26H,3,7-8,13-14,17-21H2,1H3,(H,30,33). The van der Waals surface area contributed by atoms with E-state index in [0.29, 0.717) is 31.8 Å². The fourth-order valence-electron chi connectivity index (χ4n) is 5.24. The summed E-state index contributed by atoms with van der Waals surface area (Å²) in [6.07, 6.45) is 5.80. The maximum atomic E-state index is 13.6. The molecule has 36 heavy (non-hydrogen) atoms. The fraction of sp³-hybridized carbons (Fsp3) is 0.483. The lowest BCUT2D eigenvalue weighted by atomic mass is 9.87. The minimum absolute atomic E-state index is 0.0494. The first-order chi connectivity index (χ1) is 17.5. The molecule has 2 atom stereocenters. The summed E-state index contributed by atoms with van der Waals surface area (Å²) in [5, 5.41) is 2.90. The molecular weight excluding hydrogens is 454 g/mol. The molecule has 1 aliphatic heterocycles. The van der Waals surface area contributed by atoms with Crippen LogP contribution in [0.1, 0.15) is 44.6 Å². The molecule has 0 spiro atoms. The number of piperazine rings is 1. The quantitative estimate of drug-likeness (QED) is 0.614. The first kappa shape index (κ1) is 25.7. The molecule has 192 valence electrons. The van der Waals surface area contributed by atoms with Gasteiger partial charge >= 0.3 is 0 Å². The van der Waals surface area contributed by atoms with Crippen molar-refractivity contribution in [3.8, 4) is 5.75 Å². The summed E-state index contributed by atoms with van der Waals surface area (Å²) in [7, 11) is 0. The largest absolute Gasteiger partial charge is 0.484 e. The summed E-state index contributed by atoms with van der Waals surface area (Å²) in [6, 6.07) is 18.1. The monoisotopic (exact) mass is 491 g/mol. The minimum atomic E-state index is -0.702. The van der Waals surface area contributed by atoms with E-state index < -0.39 is 6.04 Å². The molecule has 2 fully saturated rings. The zero-order chi connectivity index (χ0) is 25.3. The molecule has 3 amide bonds. The lowest BCUT2D eigenvalue weighted by molar-refractivity contribution is -0.147. The number of amides is 3. The molecule has 0 aromatic heterocycles. The maximum Gasteiger partial charge on any atom is 0.258 e. The first-order valence-corrected chi connectivity index (χ1v) is 13.1. The predicted octanol–water partition coefficient (Wildman–Crippen LogP) is 3.43. The molecule has 0 radical (unpaired) electrons. The van der Waals surface area contributed by atoms with Crippen LogP contribution < -0.4 is 10.1 Å². The third-order valence-corrected chi connectivity index (χ3v) is 7.21. The number of carbonyl (C=O) groups excluding carboxylic acids is 3. The molecule has 1 saturated carbocycles. The van der Waals surface area contributed by atoms with Crippen molar-refractivity contribution in [3.63, 3.8) is 0 Å². The summed E-state index contributed by atoms with van der Waals surface area (Å²) in [6.45, 7) is 3.33. The molecule has 1 saturated heterocycles. The second kappa shape index (κ2) is 12.6. The zero-order valence-corrected chi connectivity index (χ0v) is 21.1. The Balaban J connectivity index is 1.38. The van der Waals surface area contributed by atoms with Gasteiger partial charge in [-0.1, -0.05) is 67.8 Å². The van der Waals surface area contributed by atoms with E-state index in [1.165, 1.54) is 6.42 Å². The van der Waals surface area contributed by atoms with Crippen LogP contribution >= 0.6 is 0 Å². The Hall–Kier alpha value is -3.35. The van der Waals surface area contributed by atoms with Gasteiger partial charge in [-0.2, -0.15) is 0 Å². The molecule has 1 heterocycles. The van der Waals surface area contributed by atoms with Crippen LogP contribution in [0.3, 0.4) is 0 Å². The Bertz CT molecular complexity index is 1010. The van der Waals surface area contributed by atoms with Gasteiger partial charge in [0.05, 0.1) is 0 Å². The van der Waals surface area contributed by atoms with Crippen molar-refractivity contribution in [1.29, 1.82) is 0 Å². The highest BCUT2D eigenvalue weighted by Crippen LogP contribution is 2.27. The van der Waals surface area contributed by atoms with Gasteiger partial charge in [0.2, 0.25) is 11.8 Å². The van der Waals surface area contributed by atoms with Crippen molar-refractivity contribution in [1.82, 2.24) is 15.1 Å². The number of ether oxygens (including phenoxy) is 1. The molecule has 0 bridgehead atoms. The van der Waals surface area contributed by atoms with Crippen LogP contribution in [0.5, 0.6) is 5.75 Å². The van der Waals surface area contributed by atoms with Gasteiger partial charge < -0.3 is 19.9 Å². The summed E-state index contributed by atoms with van der Waals surface area (Å²) in [5.41, 5.74) is 0.972. The van der Waals surface area contributed by atoms with Crippen molar-refractivity contribution < 1.29 is 19.1 Å².